The molecule has 1 aliphatic rings. The summed E-state index contributed by atoms with van der Waals surface area (Å²) >= 11 is 0. The molecule has 0 bridgehead atoms. The quantitative estimate of drug-likeness (QED) is 0.230. The molecule has 0 saturated carbocycles. The second-order valence-electron chi connectivity index (χ2n) is 4.03. The second kappa shape index (κ2) is 5.05. The zero-order chi connectivity index (χ0) is 14.9. The zero-order valence-electron chi connectivity index (χ0n) is 10.5. The molecule has 2 rings (SSSR count). The average molecular weight is 277 g/mol. The van der Waals surface area contributed by atoms with Gasteiger partial charge in [-0.3, -0.25) is 24.7 Å². The first-order chi connectivity index (χ1) is 9.45. The summed E-state index contributed by atoms with van der Waals surface area (Å²) in [6, 6.07) is 3.76. The van der Waals surface area contributed by atoms with Crippen molar-refractivity contribution in [3.63, 3.8) is 0 Å². The fourth-order valence-corrected chi connectivity index (χ4v) is 1.68. The number of hydrazine groups is 1. The maximum Gasteiger partial charge on any atom is 0.334 e. The Balaban J connectivity index is 2.23. The second-order valence-corrected chi connectivity index (χ2v) is 4.03. The lowest BCUT2D eigenvalue weighted by molar-refractivity contribution is -0.143. The summed E-state index contributed by atoms with van der Waals surface area (Å²) < 4.78 is 0. The maximum atomic E-state index is 11.7. The molecule has 1 aromatic heterocycles. The smallest absolute Gasteiger partial charge is 0.289 e. The molecule has 1 saturated heterocycles. The molecule has 1 aromatic rings. The molecule has 0 spiro atoms. The van der Waals surface area contributed by atoms with Gasteiger partial charge in [0.2, 0.25) is 0 Å². The predicted molar refractivity (Wildman–Crippen MR) is 64.6 cm³/mol. The van der Waals surface area contributed by atoms with Crippen LogP contribution in [-0.2, 0) is 16.1 Å². The summed E-state index contributed by atoms with van der Waals surface area (Å²) in [5.41, 5.74) is 2.26. The van der Waals surface area contributed by atoms with E-state index in [1.807, 2.05) is 5.43 Å². The van der Waals surface area contributed by atoms with Gasteiger partial charge in [-0.1, -0.05) is 6.07 Å². The monoisotopic (exact) mass is 277 g/mol. The lowest BCUT2D eigenvalue weighted by atomic mass is 10.3. The summed E-state index contributed by atoms with van der Waals surface area (Å²) in [5.74, 6) is 2.57. The van der Waals surface area contributed by atoms with E-state index in [0.717, 1.165) is 9.80 Å². The standard InChI is InChI=1S/C11H11N5O4/c1-15-9(18)10(19)16(11(15)20)5-6-3-2-4-7(13-6)8(17)14-12/h2-4H,5,12H2,1H3,(H,14,17). The van der Waals surface area contributed by atoms with Crippen LogP contribution in [0.5, 0.6) is 0 Å². The van der Waals surface area contributed by atoms with Crippen LogP contribution in [0.25, 0.3) is 0 Å². The Labute approximate surface area is 113 Å². The van der Waals surface area contributed by atoms with E-state index in [4.69, 9.17) is 5.84 Å². The SMILES string of the molecule is CN1C(=O)C(=O)N(Cc2cccc(C(=O)NN)n2)C1=O. The number of nitrogens with two attached hydrogens (primary N) is 1. The van der Waals surface area contributed by atoms with E-state index in [9.17, 15) is 19.2 Å². The fraction of sp³-hybridized carbons (Fsp3) is 0.182. The van der Waals surface area contributed by atoms with Crippen LogP contribution in [0.2, 0.25) is 0 Å². The minimum absolute atomic E-state index is 0.0452. The number of rotatable bonds is 3. The summed E-state index contributed by atoms with van der Waals surface area (Å²) in [7, 11) is 1.22. The van der Waals surface area contributed by atoms with Crippen molar-refractivity contribution in [3.05, 3.63) is 29.6 Å². The van der Waals surface area contributed by atoms with Gasteiger partial charge < -0.3 is 0 Å². The van der Waals surface area contributed by atoms with Crippen LogP contribution >= 0.6 is 0 Å². The molecule has 0 aromatic carbocycles. The summed E-state index contributed by atoms with van der Waals surface area (Å²) in [5, 5.41) is 0. The molecular weight excluding hydrogens is 266 g/mol. The molecule has 9 heteroatoms. The van der Waals surface area contributed by atoms with E-state index >= 15 is 0 Å². The van der Waals surface area contributed by atoms with Crippen LogP contribution in [0.15, 0.2) is 18.2 Å². The largest absolute Gasteiger partial charge is 0.334 e. The molecule has 0 aliphatic carbocycles. The molecule has 1 aliphatic heterocycles. The maximum absolute atomic E-state index is 11.7. The van der Waals surface area contributed by atoms with Crippen molar-refractivity contribution in [2.24, 2.45) is 5.84 Å². The van der Waals surface area contributed by atoms with Gasteiger partial charge in [0, 0.05) is 7.05 Å². The van der Waals surface area contributed by atoms with Crippen molar-refractivity contribution in [1.82, 2.24) is 20.2 Å². The molecule has 3 N–H and O–H groups in total. The van der Waals surface area contributed by atoms with Gasteiger partial charge in [0.15, 0.2) is 0 Å². The number of aromatic nitrogens is 1. The highest BCUT2D eigenvalue weighted by Crippen LogP contribution is 2.13. The van der Waals surface area contributed by atoms with Gasteiger partial charge in [-0.05, 0) is 12.1 Å². The molecule has 104 valence electrons. The normalized spacial score (nSPS) is 15.0. The van der Waals surface area contributed by atoms with Crippen LogP contribution in [0, 0.1) is 0 Å². The molecular formula is C11H11N5O4. The van der Waals surface area contributed by atoms with Crippen molar-refractivity contribution < 1.29 is 19.2 Å². The van der Waals surface area contributed by atoms with Gasteiger partial charge >= 0.3 is 17.8 Å². The van der Waals surface area contributed by atoms with E-state index in [0.29, 0.717) is 0 Å². The molecule has 20 heavy (non-hydrogen) atoms. The van der Waals surface area contributed by atoms with Crippen molar-refractivity contribution in [2.45, 2.75) is 6.54 Å². The van der Waals surface area contributed by atoms with Crippen molar-refractivity contribution in [1.29, 1.82) is 0 Å². The zero-order valence-corrected chi connectivity index (χ0v) is 10.5. The van der Waals surface area contributed by atoms with Crippen molar-refractivity contribution in [3.8, 4) is 0 Å². The van der Waals surface area contributed by atoms with Gasteiger partial charge in [0.05, 0.1) is 12.2 Å². The molecule has 2 heterocycles. The number of pyridine rings is 1. The molecule has 1 fully saturated rings. The summed E-state index contributed by atoms with van der Waals surface area (Å²) in [6.07, 6.45) is 0. The number of amides is 5. The number of nitrogens with zero attached hydrogens (tertiary/aromatic N) is 3. The molecule has 0 radical (unpaired) electrons. The average Bonchev–Trinajstić information content (AvgIpc) is 2.64. The Morgan fingerprint density at radius 2 is 2.00 bits per heavy atom. The number of carbonyl (C=O) groups excluding carboxylic acids is 4. The number of likely N-dealkylation sites (N-methyl/N-ethyl adjacent to an activating group) is 1. The first kappa shape index (κ1) is 13.6. The summed E-state index contributed by atoms with van der Waals surface area (Å²) in [4.78, 5) is 51.4. The number of hydrogen-bond acceptors (Lipinski definition) is 6. The van der Waals surface area contributed by atoms with Crippen LogP contribution in [0.3, 0.4) is 0 Å². The topological polar surface area (TPSA) is 126 Å². The third-order valence-corrected chi connectivity index (χ3v) is 2.74. The minimum atomic E-state index is -0.923. The number of imide groups is 2. The molecule has 9 nitrogen and oxygen atoms in total. The van der Waals surface area contributed by atoms with E-state index < -0.39 is 23.8 Å². The Bertz CT molecular complexity index is 615. The lowest BCUT2D eigenvalue weighted by Crippen LogP contribution is -2.33. The number of urea groups is 1. The van der Waals surface area contributed by atoms with Gasteiger partial charge in [0.1, 0.15) is 5.69 Å². The van der Waals surface area contributed by atoms with E-state index in [1.54, 1.807) is 0 Å². The van der Waals surface area contributed by atoms with Crippen molar-refractivity contribution in [2.75, 3.05) is 7.05 Å². The van der Waals surface area contributed by atoms with Gasteiger partial charge in [0.25, 0.3) is 5.91 Å². The van der Waals surface area contributed by atoms with Crippen LogP contribution in [-0.4, -0.2) is 45.6 Å². The third-order valence-electron chi connectivity index (χ3n) is 2.74. The van der Waals surface area contributed by atoms with E-state index in [1.165, 1.54) is 25.2 Å². The first-order valence-corrected chi connectivity index (χ1v) is 5.56. The first-order valence-electron chi connectivity index (χ1n) is 5.56. The number of nitrogens with one attached hydrogen (secondary N) is 1. The Morgan fingerprint density at radius 3 is 2.55 bits per heavy atom. The van der Waals surface area contributed by atoms with E-state index in [-0.39, 0.29) is 17.9 Å². The fourth-order valence-electron chi connectivity index (χ4n) is 1.68. The lowest BCUT2D eigenvalue weighted by Gasteiger charge is -2.12. The number of carbonyl (C=O) groups is 4. The van der Waals surface area contributed by atoms with Gasteiger partial charge in [-0.25, -0.2) is 20.5 Å². The third kappa shape index (κ3) is 2.21. The molecule has 0 unspecified atom stereocenters. The number of hydrogen-bond donors (Lipinski definition) is 2. The Kier molecular flexibility index (Phi) is 3.44. The van der Waals surface area contributed by atoms with Gasteiger partial charge in [-0.2, -0.15) is 0 Å². The van der Waals surface area contributed by atoms with Crippen LogP contribution < -0.4 is 11.3 Å². The molecule has 0 atom stereocenters. The van der Waals surface area contributed by atoms with Crippen LogP contribution in [0.1, 0.15) is 16.2 Å². The van der Waals surface area contributed by atoms with Crippen LogP contribution in [0.4, 0.5) is 4.79 Å². The Morgan fingerprint density at radius 1 is 1.30 bits per heavy atom. The predicted octanol–water partition coefficient (Wildman–Crippen LogP) is -1.39. The van der Waals surface area contributed by atoms with E-state index in [2.05, 4.69) is 4.98 Å². The summed E-state index contributed by atoms with van der Waals surface area (Å²) in [6.45, 7) is -0.195. The highest BCUT2D eigenvalue weighted by molar-refractivity contribution is 6.44. The van der Waals surface area contributed by atoms with Crippen molar-refractivity contribution >= 4 is 23.8 Å². The Hall–Kier alpha value is -2.81. The molecule has 5 amide bonds. The number of nitrogen functional groups attached to an aromatic ring is 1. The van der Waals surface area contributed by atoms with Gasteiger partial charge in [-0.15, -0.1) is 0 Å². The minimum Gasteiger partial charge on any atom is -0.289 e. The highest BCUT2D eigenvalue weighted by atomic mass is 16.2. The highest BCUT2D eigenvalue weighted by Gasteiger charge is 2.42.